The van der Waals surface area contributed by atoms with Gasteiger partial charge in [-0.3, -0.25) is 4.98 Å². The predicted octanol–water partition coefficient (Wildman–Crippen LogP) is 7.55. The Hall–Kier alpha value is -3.53. The van der Waals surface area contributed by atoms with Crippen LogP contribution in [0.2, 0.25) is 0 Å². The lowest BCUT2D eigenvalue weighted by atomic mass is 9.81. The summed E-state index contributed by atoms with van der Waals surface area (Å²) in [7, 11) is 0. The van der Waals surface area contributed by atoms with Gasteiger partial charge >= 0.3 is 5.97 Å². The standard InChI is InChI=1S/C38H49FN2O6/c1-25-32(35(36(42)43)47-37(2,3)4)34(41-18-16-38(5,6)17-19-41)33(31(40-25)24-45-23-27-21-44-22-27)28-9-13-30(14-10-28)46-20-15-26-7-11-29(39)12-8-26/h7-14,27,35H,15-24H2,1-6H3,(H,42,43)/t35-/m0/s1. The number of anilines is 1. The monoisotopic (exact) mass is 648 g/mol. The fraction of sp³-hybridized carbons (Fsp3) is 0.526. The Balaban J connectivity index is 1.55. The van der Waals surface area contributed by atoms with Gasteiger partial charge in [0.2, 0.25) is 0 Å². The summed E-state index contributed by atoms with van der Waals surface area (Å²) in [6.45, 7) is 16.3. The highest BCUT2D eigenvalue weighted by atomic mass is 19.1. The van der Waals surface area contributed by atoms with E-state index in [2.05, 4.69) is 18.7 Å². The van der Waals surface area contributed by atoms with Gasteiger partial charge in [0.15, 0.2) is 6.10 Å². The van der Waals surface area contributed by atoms with Crippen LogP contribution in [-0.4, -0.2) is 61.2 Å². The summed E-state index contributed by atoms with van der Waals surface area (Å²) in [6.07, 6.45) is 1.39. The van der Waals surface area contributed by atoms with Crippen LogP contribution in [0.3, 0.4) is 0 Å². The first-order valence-corrected chi connectivity index (χ1v) is 16.6. The number of rotatable bonds is 13. The van der Waals surface area contributed by atoms with Gasteiger partial charge in [0.25, 0.3) is 0 Å². The molecule has 0 radical (unpaired) electrons. The van der Waals surface area contributed by atoms with Crippen molar-refractivity contribution in [3.8, 4) is 16.9 Å². The number of piperidine rings is 1. The van der Waals surface area contributed by atoms with E-state index in [1.807, 2.05) is 52.0 Å². The molecule has 0 bridgehead atoms. The Morgan fingerprint density at radius 1 is 1.09 bits per heavy atom. The van der Waals surface area contributed by atoms with Gasteiger partial charge < -0.3 is 29.0 Å². The topological polar surface area (TPSA) is 90.4 Å². The minimum atomic E-state index is -1.21. The molecule has 9 heteroatoms. The van der Waals surface area contributed by atoms with Crippen LogP contribution in [0.15, 0.2) is 48.5 Å². The number of carboxylic acid groups (broad SMARTS) is 1. The Morgan fingerprint density at radius 3 is 2.32 bits per heavy atom. The molecule has 0 spiro atoms. The van der Waals surface area contributed by atoms with Gasteiger partial charge in [0.05, 0.1) is 50.0 Å². The molecule has 254 valence electrons. The summed E-state index contributed by atoms with van der Waals surface area (Å²) in [4.78, 5) is 20.3. The second-order valence-electron chi connectivity index (χ2n) is 14.5. The van der Waals surface area contributed by atoms with Crippen LogP contribution in [0.1, 0.15) is 76.1 Å². The molecule has 0 unspecified atom stereocenters. The van der Waals surface area contributed by atoms with Gasteiger partial charge in [-0.05, 0) is 81.3 Å². The summed E-state index contributed by atoms with van der Waals surface area (Å²) >= 11 is 0. The predicted molar refractivity (Wildman–Crippen MR) is 180 cm³/mol. The zero-order chi connectivity index (χ0) is 33.8. The Labute approximate surface area is 278 Å². The maximum absolute atomic E-state index is 13.3. The van der Waals surface area contributed by atoms with E-state index in [0.29, 0.717) is 55.8 Å². The number of carboxylic acids is 1. The summed E-state index contributed by atoms with van der Waals surface area (Å²) in [5.74, 6) is -0.230. The smallest absolute Gasteiger partial charge is 0.337 e. The molecular weight excluding hydrogens is 599 g/mol. The summed E-state index contributed by atoms with van der Waals surface area (Å²) in [6, 6.07) is 14.3. The van der Waals surface area contributed by atoms with E-state index in [9.17, 15) is 14.3 Å². The van der Waals surface area contributed by atoms with Crippen LogP contribution in [-0.2, 0) is 32.0 Å². The van der Waals surface area contributed by atoms with Crippen molar-refractivity contribution in [2.45, 2.75) is 79.1 Å². The number of nitrogens with zero attached hydrogens (tertiary/aromatic N) is 2. The van der Waals surface area contributed by atoms with Gasteiger partial charge in [0, 0.05) is 42.2 Å². The number of aromatic nitrogens is 1. The molecular formula is C38H49FN2O6. The minimum absolute atomic E-state index is 0.191. The molecule has 3 aromatic rings. The van der Waals surface area contributed by atoms with Crippen molar-refractivity contribution in [1.82, 2.24) is 4.98 Å². The molecule has 0 aliphatic carbocycles. The largest absolute Gasteiger partial charge is 0.493 e. The maximum Gasteiger partial charge on any atom is 0.337 e. The van der Waals surface area contributed by atoms with Gasteiger partial charge in [-0.1, -0.05) is 38.1 Å². The van der Waals surface area contributed by atoms with E-state index < -0.39 is 17.7 Å². The lowest BCUT2D eigenvalue weighted by molar-refractivity contribution is -0.160. The second kappa shape index (κ2) is 14.7. The van der Waals surface area contributed by atoms with Crippen LogP contribution < -0.4 is 9.64 Å². The van der Waals surface area contributed by atoms with Crippen molar-refractivity contribution in [3.63, 3.8) is 0 Å². The molecule has 2 aromatic carbocycles. The van der Waals surface area contributed by atoms with Gasteiger partial charge in [-0.2, -0.15) is 0 Å². The highest BCUT2D eigenvalue weighted by molar-refractivity contribution is 5.88. The molecule has 0 saturated carbocycles. The van der Waals surface area contributed by atoms with Crippen molar-refractivity contribution < 1.29 is 33.2 Å². The Morgan fingerprint density at radius 2 is 1.74 bits per heavy atom. The molecule has 8 nitrogen and oxygen atoms in total. The average Bonchev–Trinajstić information content (AvgIpc) is 2.98. The third-order valence-corrected chi connectivity index (χ3v) is 8.88. The molecule has 5 rings (SSSR count). The van der Waals surface area contributed by atoms with Crippen LogP contribution in [0.25, 0.3) is 11.1 Å². The molecule has 1 N–H and O–H groups in total. The molecule has 3 heterocycles. The molecule has 2 saturated heterocycles. The van der Waals surface area contributed by atoms with Gasteiger partial charge in [-0.15, -0.1) is 0 Å². The normalized spacial score (nSPS) is 17.3. The van der Waals surface area contributed by atoms with Crippen molar-refractivity contribution in [3.05, 3.63) is 76.9 Å². The highest BCUT2D eigenvalue weighted by Gasteiger charge is 2.37. The van der Waals surface area contributed by atoms with E-state index in [1.165, 1.54) is 12.1 Å². The van der Waals surface area contributed by atoms with Crippen LogP contribution in [0.4, 0.5) is 10.1 Å². The average molecular weight is 649 g/mol. The minimum Gasteiger partial charge on any atom is -0.493 e. The maximum atomic E-state index is 13.3. The number of benzene rings is 2. The van der Waals surface area contributed by atoms with E-state index in [-0.39, 0.29) is 17.8 Å². The van der Waals surface area contributed by atoms with E-state index in [1.54, 1.807) is 12.1 Å². The highest BCUT2D eigenvalue weighted by Crippen LogP contribution is 2.45. The molecule has 1 atom stereocenters. The molecule has 2 fully saturated rings. The van der Waals surface area contributed by atoms with E-state index in [0.717, 1.165) is 54.0 Å². The lowest BCUT2D eigenvalue weighted by Crippen LogP contribution is -2.39. The van der Waals surface area contributed by atoms with Crippen molar-refractivity contribution >= 4 is 11.7 Å². The number of carbonyl (C=O) groups is 1. The fourth-order valence-electron chi connectivity index (χ4n) is 6.09. The quantitative estimate of drug-likeness (QED) is 0.203. The van der Waals surface area contributed by atoms with Crippen LogP contribution in [0.5, 0.6) is 5.75 Å². The number of aryl methyl sites for hydroxylation is 1. The first kappa shape index (κ1) is 34.8. The van der Waals surface area contributed by atoms with Crippen LogP contribution >= 0.6 is 0 Å². The number of pyridine rings is 1. The van der Waals surface area contributed by atoms with Crippen molar-refractivity contribution in [1.29, 1.82) is 0 Å². The Kier molecular flexibility index (Phi) is 10.9. The number of ether oxygens (including phenoxy) is 4. The second-order valence-corrected chi connectivity index (χ2v) is 14.5. The molecule has 1 aromatic heterocycles. The molecule has 2 aliphatic rings. The number of hydrogen-bond donors (Lipinski definition) is 1. The van der Waals surface area contributed by atoms with E-state index in [4.69, 9.17) is 23.9 Å². The Bertz CT molecular complexity index is 1500. The summed E-state index contributed by atoms with van der Waals surface area (Å²) < 4.78 is 37.2. The zero-order valence-corrected chi connectivity index (χ0v) is 28.6. The fourth-order valence-corrected chi connectivity index (χ4v) is 6.09. The van der Waals surface area contributed by atoms with Crippen molar-refractivity contribution in [2.24, 2.45) is 11.3 Å². The summed E-state index contributed by atoms with van der Waals surface area (Å²) in [5.41, 5.74) is 5.06. The third-order valence-electron chi connectivity index (χ3n) is 8.88. The first-order valence-electron chi connectivity index (χ1n) is 16.6. The van der Waals surface area contributed by atoms with E-state index >= 15 is 0 Å². The van der Waals surface area contributed by atoms with Gasteiger partial charge in [0.1, 0.15) is 11.6 Å². The number of hydrogen-bond acceptors (Lipinski definition) is 7. The van der Waals surface area contributed by atoms with Crippen molar-refractivity contribution in [2.75, 3.05) is 44.4 Å². The summed E-state index contributed by atoms with van der Waals surface area (Å²) in [5, 5.41) is 10.6. The zero-order valence-electron chi connectivity index (χ0n) is 28.6. The molecule has 2 aliphatic heterocycles. The first-order chi connectivity index (χ1) is 22.3. The number of halogens is 1. The lowest BCUT2D eigenvalue weighted by Gasteiger charge is -2.41. The number of aliphatic carboxylic acids is 1. The third kappa shape index (κ3) is 9.09. The molecule has 0 amide bonds. The van der Waals surface area contributed by atoms with Gasteiger partial charge in [-0.25, -0.2) is 9.18 Å². The SMILES string of the molecule is Cc1nc(COCC2COC2)c(-c2ccc(OCCc3ccc(F)cc3)cc2)c(N2CCC(C)(C)CC2)c1[C@H](OC(C)(C)C)C(=O)O. The molecule has 47 heavy (non-hydrogen) atoms. The van der Waals surface area contributed by atoms with Crippen LogP contribution in [0, 0.1) is 24.1 Å².